The van der Waals surface area contributed by atoms with E-state index in [1.54, 1.807) is 0 Å². The molecule has 0 aliphatic carbocycles. The molecule has 0 aromatic rings. The fraction of sp³-hybridized carbons (Fsp3) is 0.917. The first-order chi connectivity index (χ1) is 6.95. The summed E-state index contributed by atoms with van der Waals surface area (Å²) in [7, 11) is 0. The smallest absolute Gasteiger partial charge is 0.407 e. The van der Waals surface area contributed by atoms with E-state index in [-0.39, 0.29) is 6.09 Å². The lowest BCUT2D eigenvalue weighted by Crippen LogP contribution is -2.32. The Balaban J connectivity index is 0. The molecule has 3 heteroatoms. The highest BCUT2D eigenvalue weighted by Crippen LogP contribution is 2.06. The van der Waals surface area contributed by atoms with Crippen LogP contribution in [0.1, 0.15) is 60.8 Å². The molecule has 0 radical (unpaired) electrons. The maximum absolute atomic E-state index is 11.1. The number of unbranched alkanes of at least 4 members (excludes halogenated alkanes) is 2. The third kappa shape index (κ3) is 16.0. The lowest BCUT2D eigenvalue weighted by Gasteiger charge is -2.19. The van der Waals surface area contributed by atoms with Crippen molar-refractivity contribution < 1.29 is 9.53 Å². The van der Waals surface area contributed by atoms with Gasteiger partial charge in [0.2, 0.25) is 0 Å². The van der Waals surface area contributed by atoms with Crippen molar-refractivity contribution in [2.75, 3.05) is 6.54 Å². The van der Waals surface area contributed by atoms with E-state index >= 15 is 0 Å². The van der Waals surface area contributed by atoms with Gasteiger partial charge < -0.3 is 10.1 Å². The minimum absolute atomic E-state index is 0.316. The lowest BCUT2D eigenvalue weighted by atomic mass is 10.2. The summed E-state index contributed by atoms with van der Waals surface area (Å²) < 4.78 is 5.07. The van der Waals surface area contributed by atoms with E-state index in [0.29, 0.717) is 6.54 Å². The zero-order valence-electron chi connectivity index (χ0n) is 11.1. The number of carbonyl (C=O) groups is 1. The minimum Gasteiger partial charge on any atom is -0.444 e. The number of ether oxygens (including phenoxy) is 1. The standard InChI is InChI=1S/C10H21NO2.C2H6/c1-5-6-7-8-11-9(12)13-10(2,3)4;1-2/h5-8H2,1-4H3,(H,11,12);1-2H3. The molecule has 3 nitrogen and oxygen atoms in total. The van der Waals surface area contributed by atoms with Crippen molar-refractivity contribution in [3.05, 3.63) is 0 Å². The van der Waals surface area contributed by atoms with E-state index in [0.717, 1.165) is 19.3 Å². The summed E-state index contributed by atoms with van der Waals surface area (Å²) >= 11 is 0. The molecule has 0 unspecified atom stereocenters. The Kier molecular flexibility index (Phi) is 10.9. The van der Waals surface area contributed by atoms with Crippen molar-refractivity contribution in [1.29, 1.82) is 0 Å². The van der Waals surface area contributed by atoms with Gasteiger partial charge in [0.15, 0.2) is 0 Å². The van der Waals surface area contributed by atoms with Gasteiger partial charge in [-0.2, -0.15) is 0 Å². The summed E-state index contributed by atoms with van der Waals surface area (Å²) in [6.45, 7) is 12.4. The molecule has 0 spiro atoms. The van der Waals surface area contributed by atoms with Crippen molar-refractivity contribution in [2.24, 2.45) is 0 Å². The minimum atomic E-state index is -0.394. The van der Waals surface area contributed by atoms with Gasteiger partial charge in [-0.3, -0.25) is 0 Å². The van der Waals surface area contributed by atoms with E-state index < -0.39 is 5.60 Å². The second kappa shape index (κ2) is 9.81. The van der Waals surface area contributed by atoms with Crippen LogP contribution in [0.15, 0.2) is 0 Å². The molecule has 0 fully saturated rings. The molecule has 0 saturated carbocycles. The van der Waals surface area contributed by atoms with Crippen LogP contribution in [-0.4, -0.2) is 18.2 Å². The Morgan fingerprint density at radius 3 is 2.13 bits per heavy atom. The summed E-state index contributed by atoms with van der Waals surface area (Å²) in [5.41, 5.74) is -0.394. The van der Waals surface area contributed by atoms with Gasteiger partial charge in [0.05, 0.1) is 0 Å². The first-order valence-electron chi connectivity index (χ1n) is 5.92. The third-order valence-corrected chi connectivity index (χ3v) is 1.45. The fourth-order valence-corrected chi connectivity index (χ4v) is 0.880. The van der Waals surface area contributed by atoms with Crippen LogP contribution >= 0.6 is 0 Å². The highest BCUT2D eigenvalue weighted by Gasteiger charge is 2.15. The van der Waals surface area contributed by atoms with Crippen LogP contribution in [0.4, 0.5) is 4.79 Å². The van der Waals surface area contributed by atoms with Gasteiger partial charge in [-0.1, -0.05) is 33.6 Å². The number of alkyl carbamates (subject to hydrolysis) is 1. The zero-order valence-corrected chi connectivity index (χ0v) is 11.1. The van der Waals surface area contributed by atoms with Crippen molar-refractivity contribution in [3.8, 4) is 0 Å². The average molecular weight is 217 g/mol. The van der Waals surface area contributed by atoms with E-state index in [9.17, 15) is 4.79 Å². The quantitative estimate of drug-likeness (QED) is 0.729. The van der Waals surface area contributed by atoms with Gasteiger partial charge in [0, 0.05) is 6.54 Å². The molecule has 1 N–H and O–H groups in total. The Morgan fingerprint density at radius 2 is 1.73 bits per heavy atom. The Morgan fingerprint density at radius 1 is 1.20 bits per heavy atom. The number of amides is 1. The van der Waals surface area contributed by atoms with Crippen molar-refractivity contribution >= 4 is 6.09 Å². The van der Waals surface area contributed by atoms with Crippen LogP contribution in [0, 0.1) is 0 Å². The van der Waals surface area contributed by atoms with Crippen molar-refractivity contribution in [3.63, 3.8) is 0 Å². The largest absolute Gasteiger partial charge is 0.444 e. The first kappa shape index (κ1) is 16.7. The molecule has 1 amide bonds. The molecule has 15 heavy (non-hydrogen) atoms. The van der Waals surface area contributed by atoms with Crippen LogP contribution in [0.25, 0.3) is 0 Å². The Labute approximate surface area is 94.6 Å². The van der Waals surface area contributed by atoms with E-state index in [2.05, 4.69) is 12.2 Å². The average Bonchev–Trinajstić information content (AvgIpc) is 2.13. The lowest BCUT2D eigenvalue weighted by molar-refractivity contribution is 0.0527. The maximum atomic E-state index is 11.1. The normalized spacial score (nSPS) is 10.0. The van der Waals surface area contributed by atoms with Gasteiger partial charge in [0.25, 0.3) is 0 Å². The van der Waals surface area contributed by atoms with Crippen LogP contribution in [-0.2, 0) is 4.74 Å². The maximum Gasteiger partial charge on any atom is 0.407 e. The molecule has 0 aliphatic rings. The molecule has 0 aliphatic heterocycles. The Bertz CT molecular complexity index is 150. The second-order valence-electron chi connectivity index (χ2n) is 4.14. The molecule has 0 aromatic heterocycles. The highest BCUT2D eigenvalue weighted by atomic mass is 16.6. The highest BCUT2D eigenvalue weighted by molar-refractivity contribution is 5.67. The molecular formula is C12H27NO2. The summed E-state index contributed by atoms with van der Waals surface area (Å²) in [4.78, 5) is 11.1. The molecule has 0 rings (SSSR count). The van der Waals surface area contributed by atoms with E-state index in [4.69, 9.17) is 4.74 Å². The van der Waals surface area contributed by atoms with Crippen LogP contribution in [0.2, 0.25) is 0 Å². The fourth-order valence-electron chi connectivity index (χ4n) is 0.880. The number of carbonyl (C=O) groups excluding carboxylic acids is 1. The predicted octanol–water partition coefficient (Wildman–Crippen LogP) is 3.73. The number of nitrogens with one attached hydrogen (secondary N) is 1. The van der Waals surface area contributed by atoms with Gasteiger partial charge >= 0.3 is 6.09 Å². The van der Waals surface area contributed by atoms with Gasteiger partial charge in [0.1, 0.15) is 5.60 Å². The van der Waals surface area contributed by atoms with Gasteiger partial charge in [-0.25, -0.2) is 4.79 Å². The molecule has 0 atom stereocenters. The number of rotatable bonds is 4. The molecule has 0 bridgehead atoms. The van der Waals surface area contributed by atoms with Crippen LogP contribution in [0.5, 0.6) is 0 Å². The second-order valence-corrected chi connectivity index (χ2v) is 4.14. The Hall–Kier alpha value is -0.730. The SMILES string of the molecule is CC.CCCCCNC(=O)OC(C)(C)C. The number of hydrogen-bond donors (Lipinski definition) is 1. The summed E-state index contributed by atoms with van der Waals surface area (Å²) in [5.74, 6) is 0. The van der Waals surface area contributed by atoms with E-state index in [1.165, 1.54) is 0 Å². The van der Waals surface area contributed by atoms with Crippen molar-refractivity contribution in [1.82, 2.24) is 5.32 Å². The first-order valence-corrected chi connectivity index (χ1v) is 5.92. The van der Waals surface area contributed by atoms with Gasteiger partial charge in [-0.05, 0) is 27.2 Å². The summed E-state index contributed by atoms with van der Waals surface area (Å²) in [6, 6.07) is 0. The molecular weight excluding hydrogens is 190 g/mol. The number of hydrogen-bond acceptors (Lipinski definition) is 2. The summed E-state index contributed by atoms with van der Waals surface area (Å²) in [5, 5.41) is 2.71. The molecule has 0 heterocycles. The third-order valence-electron chi connectivity index (χ3n) is 1.45. The monoisotopic (exact) mass is 217 g/mol. The van der Waals surface area contributed by atoms with Crippen LogP contribution < -0.4 is 5.32 Å². The molecule has 92 valence electrons. The zero-order chi connectivity index (χ0) is 12.3. The van der Waals surface area contributed by atoms with Crippen LogP contribution in [0.3, 0.4) is 0 Å². The summed E-state index contributed by atoms with van der Waals surface area (Å²) in [6.07, 6.45) is 3.02. The van der Waals surface area contributed by atoms with Crippen molar-refractivity contribution in [2.45, 2.75) is 66.4 Å². The van der Waals surface area contributed by atoms with E-state index in [1.807, 2.05) is 34.6 Å². The molecule has 0 aromatic carbocycles. The molecule has 0 saturated heterocycles. The topological polar surface area (TPSA) is 38.3 Å². The van der Waals surface area contributed by atoms with Gasteiger partial charge in [-0.15, -0.1) is 0 Å². The predicted molar refractivity (Wildman–Crippen MR) is 65.1 cm³/mol.